The van der Waals surface area contributed by atoms with Gasteiger partial charge in [-0.05, 0) is 49.2 Å². The number of aromatic nitrogens is 1. The van der Waals surface area contributed by atoms with E-state index in [9.17, 15) is 9.18 Å². The van der Waals surface area contributed by atoms with Crippen LogP contribution in [-0.4, -0.2) is 23.3 Å². The molecule has 0 aliphatic carbocycles. The number of hydrogen-bond donors (Lipinski definition) is 0. The van der Waals surface area contributed by atoms with Gasteiger partial charge in [-0.25, -0.2) is 4.39 Å². The van der Waals surface area contributed by atoms with Crippen molar-refractivity contribution in [2.75, 3.05) is 12.9 Å². The molecule has 0 saturated heterocycles. The molecule has 3 rings (SSSR count). The fourth-order valence-corrected chi connectivity index (χ4v) is 4.62. The molecule has 0 unspecified atom stereocenters. The third-order valence-corrected chi connectivity index (χ3v) is 6.26. The molecule has 0 saturated carbocycles. The highest BCUT2D eigenvalue weighted by Gasteiger charge is 2.14. The first-order chi connectivity index (χ1) is 13.0. The number of nitrogens with zero attached hydrogens (tertiary/aromatic N) is 2. The van der Waals surface area contributed by atoms with Gasteiger partial charge in [0.05, 0.1) is 17.6 Å². The van der Waals surface area contributed by atoms with Gasteiger partial charge in [0.2, 0.25) is 0 Å². The summed E-state index contributed by atoms with van der Waals surface area (Å²) in [6, 6.07) is 10.1. The molecule has 0 spiro atoms. The quantitative estimate of drug-likeness (QED) is 0.555. The second kappa shape index (κ2) is 8.71. The lowest BCUT2D eigenvalue weighted by Gasteiger charge is -2.08. The van der Waals surface area contributed by atoms with E-state index in [4.69, 9.17) is 4.74 Å². The van der Waals surface area contributed by atoms with Crippen molar-refractivity contribution < 1.29 is 13.9 Å². The fourth-order valence-electron chi connectivity index (χ4n) is 2.77. The summed E-state index contributed by atoms with van der Waals surface area (Å²) in [6.07, 6.45) is 0.925. The van der Waals surface area contributed by atoms with Crippen LogP contribution in [0.5, 0.6) is 5.75 Å². The molecule has 0 fully saturated rings. The Morgan fingerprint density at radius 3 is 2.67 bits per heavy atom. The molecule has 142 valence electrons. The Hall–Kier alpha value is -2.12. The number of carbonyl (C=O) groups excluding carboxylic acids is 1. The van der Waals surface area contributed by atoms with Crippen LogP contribution in [0.4, 0.5) is 4.39 Å². The number of fused-ring (bicyclic) bond motifs is 1. The number of rotatable bonds is 6. The minimum atomic E-state index is -0.287. The molecule has 0 aliphatic heterocycles. The molecule has 1 heterocycles. The molecule has 7 heteroatoms. The van der Waals surface area contributed by atoms with E-state index < -0.39 is 0 Å². The zero-order valence-corrected chi connectivity index (χ0v) is 17.1. The first-order valence-electron chi connectivity index (χ1n) is 8.66. The average molecular weight is 405 g/mol. The van der Waals surface area contributed by atoms with Crippen LogP contribution < -0.4 is 9.54 Å². The van der Waals surface area contributed by atoms with Gasteiger partial charge in [0, 0.05) is 11.4 Å². The Bertz CT molecular complexity index is 1020. The van der Waals surface area contributed by atoms with Crippen molar-refractivity contribution in [3.05, 3.63) is 52.6 Å². The molecule has 0 radical (unpaired) electrons. The zero-order valence-electron chi connectivity index (χ0n) is 15.5. The molecular formula is C20H21FN2O2S2. The molecule has 1 aromatic heterocycles. The number of hydrogen-bond acceptors (Lipinski definition) is 4. The van der Waals surface area contributed by atoms with E-state index in [-0.39, 0.29) is 17.5 Å². The van der Waals surface area contributed by atoms with Crippen molar-refractivity contribution in [3.8, 4) is 5.75 Å². The van der Waals surface area contributed by atoms with E-state index in [0.717, 1.165) is 39.4 Å². The van der Waals surface area contributed by atoms with Crippen LogP contribution in [-0.2, 0) is 11.3 Å². The van der Waals surface area contributed by atoms with Gasteiger partial charge < -0.3 is 9.30 Å². The highest BCUT2D eigenvalue weighted by molar-refractivity contribution is 8.00. The summed E-state index contributed by atoms with van der Waals surface area (Å²) in [4.78, 5) is 18.3. The van der Waals surface area contributed by atoms with Gasteiger partial charge in [-0.2, -0.15) is 4.99 Å². The van der Waals surface area contributed by atoms with Gasteiger partial charge in [0.25, 0.3) is 5.91 Å². The molecule has 3 aromatic rings. The van der Waals surface area contributed by atoms with E-state index in [1.807, 2.05) is 19.1 Å². The maximum Gasteiger partial charge on any atom is 0.258 e. The van der Waals surface area contributed by atoms with Crippen molar-refractivity contribution >= 4 is 39.2 Å². The number of thiazole rings is 1. The van der Waals surface area contributed by atoms with Crippen LogP contribution in [0.25, 0.3) is 10.2 Å². The topological polar surface area (TPSA) is 43.6 Å². The summed E-state index contributed by atoms with van der Waals surface area (Å²) in [5.74, 6) is 0.500. The summed E-state index contributed by atoms with van der Waals surface area (Å²) in [5.41, 5.74) is 2.12. The normalized spacial score (nSPS) is 11.9. The number of halogens is 1. The van der Waals surface area contributed by atoms with Crippen LogP contribution >= 0.6 is 23.1 Å². The van der Waals surface area contributed by atoms with Crippen molar-refractivity contribution in [1.82, 2.24) is 4.57 Å². The molecular weight excluding hydrogens is 383 g/mol. The van der Waals surface area contributed by atoms with E-state index in [2.05, 4.69) is 16.5 Å². The van der Waals surface area contributed by atoms with Crippen LogP contribution in [0.1, 0.15) is 18.9 Å². The first kappa shape index (κ1) is 19.6. The van der Waals surface area contributed by atoms with Crippen molar-refractivity contribution in [3.63, 3.8) is 0 Å². The summed E-state index contributed by atoms with van der Waals surface area (Å²) in [5, 5.41) is 0. The molecule has 2 aromatic carbocycles. The third kappa shape index (κ3) is 4.42. The van der Waals surface area contributed by atoms with Gasteiger partial charge in [-0.15, -0.1) is 11.8 Å². The molecule has 0 aliphatic rings. The lowest BCUT2D eigenvalue weighted by atomic mass is 10.2. The number of thioether (sulfide) groups is 1. The van der Waals surface area contributed by atoms with Gasteiger partial charge in [-0.3, -0.25) is 4.79 Å². The van der Waals surface area contributed by atoms with E-state index in [1.165, 1.54) is 35.2 Å². The highest BCUT2D eigenvalue weighted by atomic mass is 32.2. The van der Waals surface area contributed by atoms with Crippen LogP contribution in [0.2, 0.25) is 0 Å². The summed E-state index contributed by atoms with van der Waals surface area (Å²) >= 11 is 2.86. The van der Waals surface area contributed by atoms with Crippen molar-refractivity contribution in [2.45, 2.75) is 31.7 Å². The number of amides is 1. The highest BCUT2D eigenvalue weighted by Crippen LogP contribution is 2.30. The Balaban J connectivity index is 1.94. The van der Waals surface area contributed by atoms with E-state index >= 15 is 0 Å². The first-order valence-corrected chi connectivity index (χ1v) is 10.5. The third-order valence-electron chi connectivity index (χ3n) is 4.05. The van der Waals surface area contributed by atoms with Gasteiger partial charge >= 0.3 is 0 Å². The van der Waals surface area contributed by atoms with Gasteiger partial charge in [0.15, 0.2) is 4.80 Å². The summed E-state index contributed by atoms with van der Waals surface area (Å²) in [7, 11) is 1.65. The molecule has 1 amide bonds. The minimum Gasteiger partial charge on any atom is -0.495 e. The van der Waals surface area contributed by atoms with E-state index in [0.29, 0.717) is 4.80 Å². The number of ether oxygens (including phenoxy) is 1. The number of methoxy groups -OCH3 is 1. The average Bonchev–Trinajstić information content (AvgIpc) is 3.01. The maximum absolute atomic E-state index is 13.0. The molecule has 27 heavy (non-hydrogen) atoms. The molecule has 0 bridgehead atoms. The lowest BCUT2D eigenvalue weighted by Crippen LogP contribution is -2.17. The minimum absolute atomic E-state index is 0.210. The van der Waals surface area contributed by atoms with Crippen LogP contribution in [0.3, 0.4) is 0 Å². The lowest BCUT2D eigenvalue weighted by molar-refractivity contribution is -0.115. The van der Waals surface area contributed by atoms with Gasteiger partial charge in [-0.1, -0.05) is 24.3 Å². The number of carbonyl (C=O) groups is 1. The molecule has 0 N–H and O–H groups in total. The molecule has 0 atom stereocenters. The summed E-state index contributed by atoms with van der Waals surface area (Å²) < 4.78 is 21.7. The van der Waals surface area contributed by atoms with E-state index in [1.54, 1.807) is 19.2 Å². The van der Waals surface area contributed by atoms with Crippen LogP contribution in [0, 0.1) is 12.7 Å². The Morgan fingerprint density at radius 2 is 2.00 bits per heavy atom. The largest absolute Gasteiger partial charge is 0.495 e. The fraction of sp³-hybridized carbons (Fsp3) is 0.300. The monoisotopic (exact) mass is 404 g/mol. The zero-order chi connectivity index (χ0) is 19.4. The Morgan fingerprint density at radius 1 is 1.26 bits per heavy atom. The van der Waals surface area contributed by atoms with Crippen LogP contribution in [0.15, 0.2) is 46.3 Å². The maximum atomic E-state index is 13.0. The standard InChI is InChI=1S/C20H21FN2O2S2/c1-4-11-23-18-16(25-3)10-5-13(2)19(18)27-20(23)22-17(24)12-26-15-8-6-14(21)7-9-15/h5-10H,4,11-12H2,1-3H3. The number of aryl methyl sites for hydroxylation is 2. The predicted molar refractivity (Wildman–Crippen MR) is 109 cm³/mol. The SMILES string of the molecule is CCCn1c(=NC(=O)CSc2ccc(F)cc2)sc2c(C)ccc(OC)c21. The second-order valence-corrected chi connectivity index (χ2v) is 8.07. The Kier molecular flexibility index (Phi) is 6.34. The van der Waals surface area contributed by atoms with Gasteiger partial charge in [0.1, 0.15) is 17.1 Å². The summed E-state index contributed by atoms with van der Waals surface area (Å²) in [6.45, 7) is 4.90. The Labute approximate surface area is 165 Å². The second-order valence-electron chi connectivity index (χ2n) is 6.05. The van der Waals surface area contributed by atoms with Crippen molar-refractivity contribution in [1.29, 1.82) is 0 Å². The number of benzene rings is 2. The predicted octanol–water partition coefficient (Wildman–Crippen LogP) is 4.79. The molecule has 4 nitrogen and oxygen atoms in total. The van der Waals surface area contributed by atoms with Crippen molar-refractivity contribution in [2.24, 2.45) is 4.99 Å². The smallest absolute Gasteiger partial charge is 0.258 e.